The van der Waals surface area contributed by atoms with Crippen LogP contribution in [0.2, 0.25) is 0 Å². The van der Waals surface area contributed by atoms with Crippen molar-refractivity contribution in [2.75, 3.05) is 13.7 Å². The lowest BCUT2D eigenvalue weighted by Gasteiger charge is -2.13. The minimum Gasteiger partial charge on any atom is -0.494 e. The molecule has 0 aliphatic rings. The first kappa shape index (κ1) is 19.1. The molecule has 0 fully saturated rings. The monoisotopic (exact) mass is 349 g/mol. The Balaban J connectivity index is 0.00000243. The summed E-state index contributed by atoms with van der Waals surface area (Å²) >= 11 is 0. The Morgan fingerprint density at radius 3 is 2.69 bits per heavy atom. The van der Waals surface area contributed by atoms with E-state index in [1.54, 1.807) is 25.6 Å². The Kier molecular flexibility index (Phi) is 6.47. The summed E-state index contributed by atoms with van der Waals surface area (Å²) < 4.78 is 11.4. The van der Waals surface area contributed by atoms with Crippen LogP contribution in [-0.2, 0) is 0 Å². The van der Waals surface area contributed by atoms with Crippen molar-refractivity contribution < 1.29 is 9.47 Å². The molecule has 0 bridgehead atoms. The summed E-state index contributed by atoms with van der Waals surface area (Å²) in [5.74, 6) is 1.44. The van der Waals surface area contributed by atoms with Gasteiger partial charge in [0.2, 0.25) is 0 Å². The molecule has 1 aromatic carbocycles. The molecule has 0 amide bonds. The molecule has 0 atom stereocenters. The van der Waals surface area contributed by atoms with Gasteiger partial charge in [-0.25, -0.2) is 0 Å². The van der Waals surface area contributed by atoms with Crippen LogP contribution < -0.4 is 15.6 Å². The number of benzene rings is 1. The third-order valence-electron chi connectivity index (χ3n) is 3.88. The third kappa shape index (κ3) is 3.90. The molecule has 5 heteroatoms. The number of pyridine rings is 2. The van der Waals surface area contributed by atoms with Crippen LogP contribution in [0.25, 0.3) is 28.1 Å². The molecule has 3 N–H and O–H groups in total. The fourth-order valence-electron chi connectivity index (χ4n) is 2.64. The topological polar surface area (TPSA) is 79.2 Å². The van der Waals surface area contributed by atoms with E-state index in [0.717, 1.165) is 39.9 Å². The van der Waals surface area contributed by atoms with Gasteiger partial charge in [-0.15, -0.1) is 6.58 Å². The van der Waals surface area contributed by atoms with Crippen molar-refractivity contribution >= 4 is 17.0 Å². The number of ether oxygens (including phenoxy) is 2. The van der Waals surface area contributed by atoms with Crippen LogP contribution in [0, 0.1) is 0 Å². The highest BCUT2D eigenvalue weighted by molar-refractivity contribution is 5.90. The van der Waals surface area contributed by atoms with Gasteiger partial charge in [-0.05, 0) is 42.3 Å². The lowest BCUT2D eigenvalue weighted by molar-refractivity contribution is 0.328. The molecule has 5 nitrogen and oxygen atoms in total. The molecule has 0 spiro atoms. The third-order valence-corrected chi connectivity index (χ3v) is 3.88. The molecule has 0 aliphatic carbocycles. The molecular formula is C21H23N3O2. The van der Waals surface area contributed by atoms with Crippen LogP contribution in [0.15, 0.2) is 62.0 Å². The van der Waals surface area contributed by atoms with Crippen molar-refractivity contribution in [2.24, 2.45) is 0 Å². The number of fused-ring (bicyclic) bond motifs is 1. The van der Waals surface area contributed by atoms with Gasteiger partial charge < -0.3 is 15.6 Å². The zero-order chi connectivity index (χ0) is 17.6. The van der Waals surface area contributed by atoms with E-state index in [9.17, 15) is 0 Å². The van der Waals surface area contributed by atoms with Crippen LogP contribution in [0.5, 0.6) is 11.5 Å². The van der Waals surface area contributed by atoms with Gasteiger partial charge in [-0.1, -0.05) is 18.7 Å². The Morgan fingerprint density at radius 2 is 1.96 bits per heavy atom. The zero-order valence-corrected chi connectivity index (χ0v) is 14.9. The number of nitrogens with zero attached hydrogens (tertiary/aromatic N) is 2. The Hall–Kier alpha value is -3.18. The van der Waals surface area contributed by atoms with Gasteiger partial charge in [0, 0.05) is 17.1 Å². The van der Waals surface area contributed by atoms with Crippen molar-refractivity contribution in [1.29, 1.82) is 0 Å². The maximum Gasteiger partial charge on any atom is 0.146 e. The van der Waals surface area contributed by atoms with Crippen LogP contribution in [0.3, 0.4) is 0 Å². The molecule has 2 aromatic heterocycles. The second-order valence-corrected chi connectivity index (χ2v) is 5.49. The fourth-order valence-corrected chi connectivity index (χ4v) is 2.64. The highest BCUT2D eigenvalue weighted by Gasteiger charge is 2.12. The van der Waals surface area contributed by atoms with Gasteiger partial charge in [0.1, 0.15) is 17.0 Å². The molecule has 3 rings (SSSR count). The zero-order valence-electron chi connectivity index (χ0n) is 14.9. The van der Waals surface area contributed by atoms with Crippen LogP contribution in [-0.4, -0.2) is 23.7 Å². The number of hydrogen-bond acceptors (Lipinski definition) is 5. The second kappa shape index (κ2) is 8.78. The van der Waals surface area contributed by atoms with Crippen molar-refractivity contribution in [3.05, 3.63) is 67.7 Å². The van der Waals surface area contributed by atoms with Crippen molar-refractivity contribution in [2.45, 2.75) is 6.42 Å². The second-order valence-electron chi connectivity index (χ2n) is 5.49. The van der Waals surface area contributed by atoms with E-state index in [-0.39, 0.29) is 6.15 Å². The summed E-state index contributed by atoms with van der Waals surface area (Å²) in [6.07, 6.45) is 7.80. The van der Waals surface area contributed by atoms with E-state index in [1.165, 1.54) is 0 Å². The molecule has 134 valence electrons. The molecule has 3 aromatic rings. The highest BCUT2D eigenvalue weighted by Crippen LogP contribution is 2.36. The first-order valence-corrected chi connectivity index (χ1v) is 8.06. The smallest absolute Gasteiger partial charge is 0.146 e. The Labute approximate surface area is 153 Å². The van der Waals surface area contributed by atoms with E-state index in [1.807, 2.05) is 30.3 Å². The summed E-state index contributed by atoms with van der Waals surface area (Å²) in [7, 11) is 1.64. The van der Waals surface area contributed by atoms with Gasteiger partial charge >= 0.3 is 0 Å². The average molecular weight is 349 g/mol. The van der Waals surface area contributed by atoms with Gasteiger partial charge in [0.25, 0.3) is 0 Å². The fraction of sp³-hybridized carbons (Fsp3) is 0.143. The molecule has 0 aliphatic heterocycles. The average Bonchev–Trinajstić information content (AvgIpc) is 2.67. The number of hydrogen-bond donors (Lipinski definition) is 1. The molecule has 2 heterocycles. The van der Waals surface area contributed by atoms with Gasteiger partial charge in [0.15, 0.2) is 0 Å². The molecule has 0 unspecified atom stereocenters. The Morgan fingerprint density at radius 1 is 1.12 bits per heavy atom. The normalized spacial score (nSPS) is 10.0. The number of aromatic nitrogens is 2. The van der Waals surface area contributed by atoms with E-state index in [4.69, 9.17) is 9.47 Å². The number of methoxy groups -OCH3 is 1. The highest BCUT2D eigenvalue weighted by atomic mass is 16.5. The SMILES string of the molecule is C=CCCOc1cc(-c2cc(C=C)ncc2OC)cc2cccnc12.N. The number of rotatable bonds is 7. The lowest BCUT2D eigenvalue weighted by atomic mass is 10.0. The largest absolute Gasteiger partial charge is 0.494 e. The predicted molar refractivity (Wildman–Crippen MR) is 107 cm³/mol. The quantitative estimate of drug-likeness (QED) is 0.476. The summed E-state index contributed by atoms with van der Waals surface area (Å²) in [5.41, 5.74) is 3.55. The standard InChI is InChI=1S/C21H20N2O2.H3N/c1-4-6-10-25-19-12-16(11-15-8-7-9-22-21(15)19)18-13-17(5-2)23-14-20(18)24-3;/h4-5,7-9,11-14H,1-2,6,10H2,3H3;1H3. The first-order valence-electron chi connectivity index (χ1n) is 8.06. The predicted octanol–water partition coefficient (Wildman–Crippen LogP) is 5.07. The van der Waals surface area contributed by atoms with Gasteiger partial charge in [0.05, 0.1) is 25.6 Å². The molecular weight excluding hydrogens is 326 g/mol. The van der Waals surface area contributed by atoms with Crippen LogP contribution >= 0.6 is 0 Å². The van der Waals surface area contributed by atoms with Crippen LogP contribution in [0.1, 0.15) is 12.1 Å². The van der Waals surface area contributed by atoms with Gasteiger partial charge in [-0.2, -0.15) is 0 Å². The van der Waals surface area contributed by atoms with Gasteiger partial charge in [-0.3, -0.25) is 9.97 Å². The molecule has 0 saturated heterocycles. The lowest BCUT2D eigenvalue weighted by Crippen LogP contribution is -1.98. The summed E-state index contributed by atoms with van der Waals surface area (Å²) in [4.78, 5) is 8.76. The summed E-state index contributed by atoms with van der Waals surface area (Å²) in [6, 6.07) is 9.96. The summed E-state index contributed by atoms with van der Waals surface area (Å²) in [6.45, 7) is 8.08. The van der Waals surface area contributed by atoms with E-state index >= 15 is 0 Å². The van der Waals surface area contributed by atoms with E-state index in [0.29, 0.717) is 12.4 Å². The minimum atomic E-state index is 0. The summed E-state index contributed by atoms with van der Waals surface area (Å²) in [5, 5.41) is 1.01. The molecule has 0 saturated carbocycles. The van der Waals surface area contributed by atoms with Crippen LogP contribution in [0.4, 0.5) is 0 Å². The first-order chi connectivity index (χ1) is 12.3. The maximum atomic E-state index is 5.94. The Bertz CT molecular complexity index is 922. The van der Waals surface area contributed by atoms with E-state index < -0.39 is 0 Å². The maximum absolute atomic E-state index is 5.94. The minimum absolute atomic E-state index is 0. The van der Waals surface area contributed by atoms with Crippen molar-refractivity contribution in [3.63, 3.8) is 0 Å². The molecule has 0 radical (unpaired) electrons. The van der Waals surface area contributed by atoms with Crippen molar-refractivity contribution in [3.8, 4) is 22.6 Å². The molecule has 26 heavy (non-hydrogen) atoms. The van der Waals surface area contributed by atoms with Crippen molar-refractivity contribution in [1.82, 2.24) is 16.1 Å². The van der Waals surface area contributed by atoms with E-state index in [2.05, 4.69) is 29.2 Å².